The van der Waals surface area contributed by atoms with Crippen molar-refractivity contribution in [2.75, 3.05) is 5.32 Å². The maximum Gasteiger partial charge on any atom is 0.0544 e. The molecule has 0 heterocycles. The monoisotopic (exact) mass is 481 g/mol. The highest BCUT2D eigenvalue weighted by Gasteiger charge is 2.21. The van der Waals surface area contributed by atoms with Gasteiger partial charge in [0.25, 0.3) is 0 Å². The van der Waals surface area contributed by atoms with Crippen molar-refractivity contribution in [3.05, 3.63) is 120 Å². The molecule has 0 bridgehead atoms. The van der Waals surface area contributed by atoms with E-state index in [-0.39, 0.29) is 0 Å². The molecule has 0 amide bonds. The van der Waals surface area contributed by atoms with E-state index in [9.17, 15) is 0 Å². The highest BCUT2D eigenvalue weighted by atomic mass is 32.1. The molecule has 2 heteroatoms. The summed E-state index contributed by atoms with van der Waals surface area (Å²) in [5.41, 5.74) is 10.5. The Hall–Kier alpha value is -3.75. The molecule has 174 valence electrons. The molecule has 36 heavy (non-hydrogen) atoms. The molecule has 2 aliphatic rings. The van der Waals surface area contributed by atoms with Gasteiger partial charge in [0.05, 0.1) is 5.69 Å². The van der Waals surface area contributed by atoms with Gasteiger partial charge in [0.2, 0.25) is 0 Å². The van der Waals surface area contributed by atoms with Gasteiger partial charge in [0.1, 0.15) is 0 Å². The minimum Gasteiger partial charge on any atom is -0.354 e. The summed E-state index contributed by atoms with van der Waals surface area (Å²) >= 11 is 4.78. The second kappa shape index (κ2) is 8.72. The number of fused-ring (bicyclic) bond motifs is 5. The van der Waals surface area contributed by atoms with Gasteiger partial charge in [-0.2, -0.15) is 0 Å². The minimum atomic E-state index is 0.980. The summed E-state index contributed by atoms with van der Waals surface area (Å²) in [5, 5.41) is 8.94. The van der Waals surface area contributed by atoms with Crippen molar-refractivity contribution in [2.24, 2.45) is 0 Å². The predicted octanol–water partition coefficient (Wildman–Crippen LogP) is 9.74. The van der Waals surface area contributed by atoms with E-state index in [4.69, 9.17) is 12.6 Å². The fourth-order valence-corrected chi connectivity index (χ4v) is 6.27. The Morgan fingerprint density at radius 2 is 1.42 bits per heavy atom. The zero-order valence-electron chi connectivity index (χ0n) is 20.1. The number of nitrogens with one attached hydrogen (secondary N) is 1. The van der Waals surface area contributed by atoms with Gasteiger partial charge in [-0.05, 0) is 82.3 Å². The van der Waals surface area contributed by atoms with Crippen LogP contribution in [0, 0.1) is 0 Å². The van der Waals surface area contributed by atoms with Gasteiger partial charge < -0.3 is 5.32 Å². The molecule has 0 unspecified atom stereocenters. The number of anilines is 2. The largest absolute Gasteiger partial charge is 0.354 e. The van der Waals surface area contributed by atoms with Crippen LogP contribution in [0.2, 0.25) is 0 Å². The Bertz CT molecular complexity index is 1720. The lowest BCUT2D eigenvalue weighted by molar-refractivity contribution is 0.831. The van der Waals surface area contributed by atoms with E-state index < -0.39 is 0 Å². The van der Waals surface area contributed by atoms with Gasteiger partial charge in [-0.3, -0.25) is 0 Å². The molecule has 0 aromatic heterocycles. The van der Waals surface area contributed by atoms with Crippen LogP contribution in [0.3, 0.4) is 0 Å². The molecular formula is C34H27NS. The van der Waals surface area contributed by atoms with Crippen molar-refractivity contribution in [1.82, 2.24) is 0 Å². The summed E-state index contributed by atoms with van der Waals surface area (Å²) in [4.78, 5) is 0.980. The van der Waals surface area contributed by atoms with Crippen molar-refractivity contribution < 1.29 is 0 Å². The number of allylic oxidation sites excluding steroid dienone is 4. The maximum atomic E-state index is 4.78. The molecule has 0 atom stereocenters. The Kier molecular flexibility index (Phi) is 5.22. The first-order valence-corrected chi connectivity index (χ1v) is 13.2. The topological polar surface area (TPSA) is 12.0 Å². The second-order valence-corrected chi connectivity index (χ2v) is 10.3. The average molecular weight is 482 g/mol. The van der Waals surface area contributed by atoms with E-state index in [1.165, 1.54) is 57.5 Å². The highest BCUT2D eigenvalue weighted by molar-refractivity contribution is 7.80. The molecule has 1 nitrogen and oxygen atoms in total. The van der Waals surface area contributed by atoms with Gasteiger partial charge in [0.15, 0.2) is 0 Å². The number of rotatable bonds is 3. The van der Waals surface area contributed by atoms with E-state index in [0.29, 0.717) is 0 Å². The van der Waals surface area contributed by atoms with Crippen molar-refractivity contribution in [3.63, 3.8) is 0 Å². The lowest BCUT2D eigenvalue weighted by atomic mass is 9.79. The Morgan fingerprint density at radius 1 is 0.639 bits per heavy atom. The second-order valence-electron chi connectivity index (χ2n) is 9.84. The third kappa shape index (κ3) is 3.56. The van der Waals surface area contributed by atoms with Crippen LogP contribution in [0.1, 0.15) is 30.4 Å². The first kappa shape index (κ1) is 21.5. The molecule has 0 aliphatic heterocycles. The van der Waals surface area contributed by atoms with E-state index in [0.717, 1.165) is 33.8 Å². The number of thiol groups is 1. The number of hydrogen-bond acceptors (Lipinski definition) is 2. The minimum absolute atomic E-state index is 0.980. The predicted molar refractivity (Wildman–Crippen MR) is 157 cm³/mol. The van der Waals surface area contributed by atoms with Crippen LogP contribution >= 0.6 is 12.6 Å². The zero-order valence-corrected chi connectivity index (χ0v) is 21.0. The fraction of sp³-hybridized carbons (Fsp3) is 0.118. The Morgan fingerprint density at radius 3 is 2.33 bits per heavy atom. The molecule has 0 saturated heterocycles. The lowest BCUT2D eigenvalue weighted by Gasteiger charge is -2.25. The van der Waals surface area contributed by atoms with Crippen LogP contribution in [-0.4, -0.2) is 0 Å². The molecule has 0 radical (unpaired) electrons. The number of hydrogen-bond donors (Lipinski definition) is 2. The van der Waals surface area contributed by atoms with Gasteiger partial charge in [0, 0.05) is 21.5 Å². The maximum absolute atomic E-state index is 4.78. The van der Waals surface area contributed by atoms with E-state index in [2.05, 4.69) is 102 Å². The smallest absolute Gasteiger partial charge is 0.0544 e. The van der Waals surface area contributed by atoms with Crippen LogP contribution in [0.4, 0.5) is 11.4 Å². The summed E-state index contributed by atoms with van der Waals surface area (Å²) in [7, 11) is 0. The molecule has 2 aliphatic carbocycles. The normalized spacial score (nSPS) is 14.7. The molecule has 5 aromatic rings. The van der Waals surface area contributed by atoms with Crippen LogP contribution < -0.4 is 5.32 Å². The molecular weight excluding hydrogens is 454 g/mol. The van der Waals surface area contributed by atoms with Crippen molar-refractivity contribution >= 4 is 51.1 Å². The molecule has 1 N–H and O–H groups in total. The van der Waals surface area contributed by atoms with Crippen molar-refractivity contribution in [2.45, 2.75) is 30.6 Å². The summed E-state index contributed by atoms with van der Waals surface area (Å²) in [6, 6.07) is 32.8. The third-order valence-electron chi connectivity index (χ3n) is 7.77. The molecule has 5 aromatic carbocycles. The number of benzene rings is 5. The van der Waals surface area contributed by atoms with Crippen LogP contribution in [0.15, 0.2) is 114 Å². The summed E-state index contributed by atoms with van der Waals surface area (Å²) in [5.74, 6) is 0. The zero-order chi connectivity index (χ0) is 24.1. The first-order chi connectivity index (χ1) is 17.8. The van der Waals surface area contributed by atoms with Crippen molar-refractivity contribution in [3.8, 4) is 11.1 Å². The van der Waals surface area contributed by atoms with Gasteiger partial charge in [-0.25, -0.2) is 0 Å². The third-order valence-corrected chi connectivity index (χ3v) is 8.16. The first-order valence-electron chi connectivity index (χ1n) is 12.8. The Balaban J connectivity index is 1.39. The summed E-state index contributed by atoms with van der Waals surface area (Å²) in [6.07, 6.45) is 9.37. The molecule has 0 saturated carbocycles. The quantitative estimate of drug-likeness (QED) is 0.244. The van der Waals surface area contributed by atoms with Crippen LogP contribution in [0.25, 0.3) is 38.2 Å². The molecule has 7 rings (SSSR count). The van der Waals surface area contributed by atoms with Crippen LogP contribution in [-0.2, 0) is 6.42 Å². The fourth-order valence-electron chi connectivity index (χ4n) is 5.98. The summed E-state index contributed by atoms with van der Waals surface area (Å²) in [6.45, 7) is 0. The van der Waals surface area contributed by atoms with Gasteiger partial charge in [-0.1, -0.05) is 90.5 Å². The van der Waals surface area contributed by atoms with E-state index >= 15 is 0 Å². The van der Waals surface area contributed by atoms with Gasteiger partial charge >= 0.3 is 0 Å². The SMILES string of the molecule is Sc1ccccc1-c1ccc2ccccc2c1Nc1ccc2ccc3c(c2c1)CCC1=C3C=CCC1. The molecule has 0 fully saturated rings. The molecule has 0 spiro atoms. The number of aryl methyl sites for hydroxylation is 1. The average Bonchev–Trinajstić information content (AvgIpc) is 2.93. The van der Waals surface area contributed by atoms with E-state index in [1.807, 2.05) is 6.07 Å². The van der Waals surface area contributed by atoms with E-state index in [1.54, 1.807) is 5.57 Å². The highest BCUT2D eigenvalue weighted by Crippen LogP contribution is 2.42. The standard InChI is InChI=1S/C34H27NS/c36-33-12-6-5-11-30(33)31-20-16-23-8-2-4-10-27(23)34(31)35-25-17-13-24-15-18-28-26-9-3-1-7-22(26)14-19-29(28)32(24)21-25/h2-6,8-13,15-18,20-21,35-36H,1,7,14,19H2. The van der Waals surface area contributed by atoms with Crippen molar-refractivity contribution in [1.29, 1.82) is 0 Å². The Labute approximate surface area is 217 Å². The lowest BCUT2D eigenvalue weighted by Crippen LogP contribution is -2.07. The van der Waals surface area contributed by atoms with Crippen LogP contribution in [0.5, 0.6) is 0 Å². The summed E-state index contributed by atoms with van der Waals surface area (Å²) < 4.78 is 0. The van der Waals surface area contributed by atoms with Gasteiger partial charge in [-0.15, -0.1) is 12.6 Å².